The van der Waals surface area contributed by atoms with Gasteiger partial charge in [0.05, 0.1) is 6.61 Å². The van der Waals surface area contributed by atoms with Crippen molar-refractivity contribution in [3.8, 4) is 5.75 Å². The standard InChI is InChI=1S/C21H28BrN3O4S/c1-15-11-25(16(2)14-26)30(27,28)21-5-4-18(22)10-19(21)29-20(15)13-24(3)12-17-6-8-23-9-7-17/h4-10,15-16,20,26H,11-14H2,1-3H3/t15-,16+,20+/m0/s1. The maximum absolute atomic E-state index is 13.3. The molecule has 0 radical (unpaired) electrons. The van der Waals surface area contributed by atoms with Crippen molar-refractivity contribution in [2.75, 3.05) is 26.7 Å². The maximum atomic E-state index is 13.3. The van der Waals surface area contributed by atoms with Crippen LogP contribution in [0, 0.1) is 5.92 Å². The van der Waals surface area contributed by atoms with Gasteiger partial charge in [0.25, 0.3) is 0 Å². The topological polar surface area (TPSA) is 83.0 Å². The van der Waals surface area contributed by atoms with E-state index < -0.39 is 16.1 Å². The van der Waals surface area contributed by atoms with Crippen molar-refractivity contribution in [2.45, 2.75) is 37.4 Å². The summed E-state index contributed by atoms with van der Waals surface area (Å²) in [6.07, 6.45) is 3.31. The Morgan fingerprint density at radius 1 is 1.33 bits per heavy atom. The quantitative estimate of drug-likeness (QED) is 0.660. The number of aliphatic hydroxyl groups is 1. The number of rotatable bonds is 6. The summed E-state index contributed by atoms with van der Waals surface area (Å²) in [6, 6.07) is 8.37. The Morgan fingerprint density at radius 3 is 2.70 bits per heavy atom. The van der Waals surface area contributed by atoms with Gasteiger partial charge in [0.15, 0.2) is 0 Å². The minimum atomic E-state index is -3.80. The summed E-state index contributed by atoms with van der Waals surface area (Å²) in [5.41, 5.74) is 1.15. The molecule has 7 nitrogen and oxygen atoms in total. The first-order valence-corrected chi connectivity index (χ1v) is 12.1. The summed E-state index contributed by atoms with van der Waals surface area (Å²) in [7, 11) is -1.78. The molecule has 1 aliphatic rings. The molecule has 164 valence electrons. The largest absolute Gasteiger partial charge is 0.487 e. The molecule has 0 unspecified atom stereocenters. The summed E-state index contributed by atoms with van der Waals surface area (Å²) in [4.78, 5) is 6.33. The van der Waals surface area contributed by atoms with Gasteiger partial charge in [-0.1, -0.05) is 22.9 Å². The molecule has 1 aliphatic heterocycles. The molecule has 1 aromatic carbocycles. The van der Waals surface area contributed by atoms with E-state index in [1.807, 2.05) is 26.1 Å². The lowest BCUT2D eigenvalue weighted by atomic mass is 10.0. The van der Waals surface area contributed by atoms with Gasteiger partial charge in [-0.3, -0.25) is 9.88 Å². The number of hydrogen-bond acceptors (Lipinski definition) is 6. The van der Waals surface area contributed by atoms with Crippen molar-refractivity contribution in [1.82, 2.24) is 14.2 Å². The average Bonchev–Trinajstić information content (AvgIpc) is 2.70. The monoisotopic (exact) mass is 497 g/mol. The number of halogens is 1. The number of nitrogens with zero attached hydrogens (tertiary/aromatic N) is 3. The van der Waals surface area contributed by atoms with Crippen molar-refractivity contribution in [3.63, 3.8) is 0 Å². The molecule has 2 aromatic rings. The van der Waals surface area contributed by atoms with Crippen LogP contribution in [-0.2, 0) is 16.6 Å². The Morgan fingerprint density at radius 2 is 2.03 bits per heavy atom. The highest BCUT2D eigenvalue weighted by atomic mass is 79.9. The molecule has 30 heavy (non-hydrogen) atoms. The average molecular weight is 498 g/mol. The van der Waals surface area contributed by atoms with Crippen LogP contribution >= 0.6 is 15.9 Å². The van der Waals surface area contributed by atoms with E-state index in [1.54, 1.807) is 37.5 Å². The van der Waals surface area contributed by atoms with E-state index >= 15 is 0 Å². The zero-order chi connectivity index (χ0) is 21.9. The number of aromatic nitrogens is 1. The molecule has 1 N–H and O–H groups in total. The first-order valence-electron chi connectivity index (χ1n) is 9.88. The molecule has 3 atom stereocenters. The smallest absolute Gasteiger partial charge is 0.247 e. The third-order valence-electron chi connectivity index (χ3n) is 5.32. The Bertz CT molecular complexity index is 958. The fourth-order valence-corrected chi connectivity index (χ4v) is 5.75. The van der Waals surface area contributed by atoms with Crippen molar-refractivity contribution in [1.29, 1.82) is 0 Å². The summed E-state index contributed by atoms with van der Waals surface area (Å²) >= 11 is 3.42. The molecule has 2 heterocycles. The number of likely N-dealkylation sites (N-methyl/N-ethyl adjacent to an activating group) is 1. The molecular formula is C21H28BrN3O4S. The number of fused-ring (bicyclic) bond motifs is 1. The first-order chi connectivity index (χ1) is 14.2. The third kappa shape index (κ3) is 5.20. The van der Waals surface area contributed by atoms with Gasteiger partial charge < -0.3 is 9.84 Å². The second-order valence-electron chi connectivity index (χ2n) is 7.88. The Kier molecular flexibility index (Phi) is 7.52. The van der Waals surface area contributed by atoms with E-state index in [2.05, 4.69) is 25.8 Å². The summed E-state index contributed by atoms with van der Waals surface area (Å²) < 4.78 is 35.0. The lowest BCUT2D eigenvalue weighted by molar-refractivity contribution is 0.0733. The number of benzene rings is 1. The minimum Gasteiger partial charge on any atom is -0.487 e. The molecule has 0 bridgehead atoms. The first kappa shape index (κ1) is 23.1. The highest BCUT2D eigenvalue weighted by molar-refractivity contribution is 9.10. The normalized spacial score (nSPS) is 22.6. The highest BCUT2D eigenvalue weighted by Crippen LogP contribution is 2.35. The van der Waals surface area contributed by atoms with Crippen LogP contribution in [0.1, 0.15) is 19.4 Å². The summed E-state index contributed by atoms with van der Waals surface area (Å²) in [5.74, 6) is 0.245. The predicted octanol–water partition coefficient (Wildman–Crippen LogP) is 2.74. The number of ether oxygens (including phenoxy) is 1. The number of hydrogen-bond donors (Lipinski definition) is 1. The summed E-state index contributed by atoms with van der Waals surface area (Å²) in [5, 5.41) is 9.68. The number of aliphatic hydroxyl groups excluding tert-OH is 1. The fraction of sp³-hybridized carbons (Fsp3) is 0.476. The van der Waals surface area contributed by atoms with Crippen LogP contribution in [0.4, 0.5) is 0 Å². The van der Waals surface area contributed by atoms with Crippen molar-refractivity contribution >= 4 is 26.0 Å². The van der Waals surface area contributed by atoms with E-state index in [-0.39, 0.29) is 30.1 Å². The third-order valence-corrected chi connectivity index (χ3v) is 7.84. The molecule has 9 heteroatoms. The lowest BCUT2D eigenvalue weighted by Gasteiger charge is -2.37. The Hall–Kier alpha value is -1.52. The number of pyridine rings is 1. The van der Waals surface area contributed by atoms with Crippen LogP contribution < -0.4 is 4.74 Å². The second-order valence-corrected chi connectivity index (χ2v) is 10.7. The Balaban J connectivity index is 1.92. The zero-order valence-electron chi connectivity index (χ0n) is 17.4. The maximum Gasteiger partial charge on any atom is 0.247 e. The molecule has 0 aliphatic carbocycles. The van der Waals surface area contributed by atoms with Crippen molar-refractivity contribution in [3.05, 3.63) is 52.8 Å². The van der Waals surface area contributed by atoms with Crippen LogP contribution in [0.25, 0.3) is 0 Å². The van der Waals surface area contributed by atoms with Gasteiger partial charge in [0, 0.05) is 48.5 Å². The molecular weight excluding hydrogens is 470 g/mol. The van der Waals surface area contributed by atoms with E-state index in [9.17, 15) is 13.5 Å². The molecule has 0 amide bonds. The molecule has 1 aromatic heterocycles. The molecule has 0 saturated heterocycles. The van der Waals surface area contributed by atoms with E-state index in [4.69, 9.17) is 4.74 Å². The van der Waals surface area contributed by atoms with Gasteiger partial charge in [-0.05, 0) is 49.9 Å². The van der Waals surface area contributed by atoms with Gasteiger partial charge in [0.2, 0.25) is 10.0 Å². The summed E-state index contributed by atoms with van der Waals surface area (Å²) in [6.45, 7) is 5.08. The molecule has 0 saturated carbocycles. The van der Waals surface area contributed by atoms with Crippen molar-refractivity contribution < 1.29 is 18.3 Å². The van der Waals surface area contributed by atoms with Crippen LogP contribution in [0.5, 0.6) is 5.75 Å². The van der Waals surface area contributed by atoms with E-state index in [1.165, 1.54) is 4.31 Å². The minimum absolute atomic E-state index is 0.0826. The Labute approximate surface area is 186 Å². The zero-order valence-corrected chi connectivity index (χ0v) is 19.8. The fourth-order valence-electron chi connectivity index (χ4n) is 3.59. The van der Waals surface area contributed by atoms with Gasteiger partial charge in [0.1, 0.15) is 16.7 Å². The number of sulfonamides is 1. The second kappa shape index (κ2) is 9.74. The van der Waals surface area contributed by atoms with Crippen LogP contribution in [0.15, 0.2) is 52.1 Å². The van der Waals surface area contributed by atoms with E-state index in [0.29, 0.717) is 12.3 Å². The SMILES string of the molecule is C[C@H](CO)N1C[C@H](C)[C@@H](CN(C)Cc2ccncc2)Oc2cc(Br)ccc2S1(=O)=O. The van der Waals surface area contributed by atoms with Crippen LogP contribution in [-0.4, -0.2) is 66.6 Å². The highest BCUT2D eigenvalue weighted by Gasteiger charge is 2.38. The van der Waals surface area contributed by atoms with E-state index in [0.717, 1.165) is 16.6 Å². The van der Waals surface area contributed by atoms with Crippen molar-refractivity contribution in [2.24, 2.45) is 5.92 Å². The predicted molar refractivity (Wildman–Crippen MR) is 119 cm³/mol. The van der Waals surface area contributed by atoms with Gasteiger partial charge in [-0.15, -0.1) is 0 Å². The molecule has 0 spiro atoms. The van der Waals surface area contributed by atoms with Gasteiger partial charge in [-0.2, -0.15) is 4.31 Å². The van der Waals surface area contributed by atoms with Crippen LogP contribution in [0.3, 0.4) is 0 Å². The van der Waals surface area contributed by atoms with Crippen LogP contribution in [0.2, 0.25) is 0 Å². The lowest BCUT2D eigenvalue weighted by Crippen LogP contribution is -2.49. The molecule has 0 fully saturated rings. The van der Waals surface area contributed by atoms with Gasteiger partial charge in [-0.25, -0.2) is 8.42 Å². The molecule has 3 rings (SSSR count). The van der Waals surface area contributed by atoms with Gasteiger partial charge >= 0.3 is 0 Å².